The van der Waals surface area contributed by atoms with Crippen LogP contribution in [0.5, 0.6) is 5.75 Å². The van der Waals surface area contributed by atoms with Gasteiger partial charge in [0.25, 0.3) is 11.8 Å². The second kappa shape index (κ2) is 15.2. The van der Waals surface area contributed by atoms with E-state index in [9.17, 15) is 14.4 Å². The molecule has 3 N–H and O–H groups in total. The number of aryl methyl sites for hydroxylation is 1. The van der Waals surface area contributed by atoms with Crippen molar-refractivity contribution in [2.45, 2.75) is 18.4 Å². The molecule has 3 amide bonds. The Morgan fingerprint density at radius 3 is 2.29 bits per heavy atom. The molecule has 0 fully saturated rings. The lowest BCUT2D eigenvalue weighted by atomic mass is 10.1. The molecule has 0 aliphatic rings. The van der Waals surface area contributed by atoms with Gasteiger partial charge in [0.1, 0.15) is 23.8 Å². The maximum atomic E-state index is 13.5. The minimum absolute atomic E-state index is 0.0575. The van der Waals surface area contributed by atoms with Gasteiger partial charge in [-0.3, -0.25) is 14.4 Å². The van der Waals surface area contributed by atoms with Crippen LogP contribution in [0.1, 0.15) is 27.2 Å². The molecule has 45 heavy (non-hydrogen) atoms. The highest BCUT2D eigenvalue weighted by molar-refractivity contribution is 8.00. The van der Waals surface area contributed by atoms with E-state index in [0.717, 1.165) is 10.5 Å². The molecular weight excluding hydrogens is 588 g/mol. The number of rotatable bonds is 12. The summed E-state index contributed by atoms with van der Waals surface area (Å²) < 4.78 is 10.8. The van der Waals surface area contributed by atoms with Gasteiger partial charge in [-0.15, -0.1) is 11.8 Å². The summed E-state index contributed by atoms with van der Waals surface area (Å²) >= 11 is 1.30. The fourth-order valence-electron chi connectivity index (χ4n) is 4.13. The number of ether oxygens (including phenoxy) is 1. The Kier molecular flexibility index (Phi) is 10.4. The standard InChI is InChI=1S/C35H30N4O5S/c1-24-19-32(39-44-24)38-33(40)23-45-30-14-8-13-28(21-30)36-35(42)31(37-34(41)27-11-6-3-7-12-27)20-25-15-17-29(18-16-25)43-22-26-9-4-2-5-10-26/h2-21H,22-23H2,1H3,(H,36,42)(H,37,41)(H,38,39,40)/b31-20-. The van der Waals surface area contributed by atoms with Gasteiger partial charge < -0.3 is 25.2 Å². The predicted molar refractivity (Wildman–Crippen MR) is 175 cm³/mol. The number of amides is 3. The lowest BCUT2D eigenvalue weighted by Gasteiger charge is -2.12. The highest BCUT2D eigenvalue weighted by atomic mass is 32.2. The molecule has 226 valence electrons. The second-order valence-corrected chi connectivity index (χ2v) is 10.9. The SMILES string of the molecule is Cc1cc(NC(=O)CSc2cccc(NC(=O)/C(=C/c3ccc(OCc4ccccc4)cc3)NC(=O)c3ccccc3)c2)no1. The number of thioether (sulfide) groups is 1. The van der Waals surface area contributed by atoms with Gasteiger partial charge in [-0.25, -0.2) is 0 Å². The Morgan fingerprint density at radius 2 is 1.58 bits per heavy atom. The van der Waals surface area contributed by atoms with Crippen LogP contribution in [0.15, 0.2) is 130 Å². The Hall–Kier alpha value is -5.61. The minimum Gasteiger partial charge on any atom is -0.489 e. The van der Waals surface area contributed by atoms with Crippen molar-refractivity contribution in [2.75, 3.05) is 16.4 Å². The number of aromatic nitrogens is 1. The molecule has 9 nitrogen and oxygen atoms in total. The van der Waals surface area contributed by atoms with Crippen molar-refractivity contribution in [2.24, 2.45) is 0 Å². The molecule has 10 heteroatoms. The maximum Gasteiger partial charge on any atom is 0.272 e. The first-order chi connectivity index (χ1) is 21.9. The summed E-state index contributed by atoms with van der Waals surface area (Å²) in [5.41, 5.74) is 2.72. The lowest BCUT2D eigenvalue weighted by molar-refractivity contribution is -0.114. The number of carbonyl (C=O) groups is 3. The summed E-state index contributed by atoms with van der Waals surface area (Å²) in [6.45, 7) is 2.17. The first kappa shape index (κ1) is 30.8. The third-order valence-corrected chi connectivity index (χ3v) is 7.32. The lowest BCUT2D eigenvalue weighted by Crippen LogP contribution is -2.30. The number of carbonyl (C=O) groups excluding carboxylic acids is 3. The van der Waals surface area contributed by atoms with E-state index in [2.05, 4.69) is 21.1 Å². The monoisotopic (exact) mass is 618 g/mol. The van der Waals surface area contributed by atoms with Crippen LogP contribution in [0.4, 0.5) is 11.5 Å². The fraction of sp³-hybridized carbons (Fsp3) is 0.0857. The van der Waals surface area contributed by atoms with Crippen LogP contribution in [0.2, 0.25) is 0 Å². The number of nitrogens with zero attached hydrogens (tertiary/aromatic N) is 1. The molecule has 5 rings (SSSR count). The Morgan fingerprint density at radius 1 is 0.844 bits per heavy atom. The molecule has 4 aromatic carbocycles. The molecule has 0 saturated carbocycles. The van der Waals surface area contributed by atoms with Crippen LogP contribution in [0.25, 0.3) is 6.08 Å². The molecule has 0 bridgehead atoms. The quantitative estimate of drug-likeness (QED) is 0.105. The van der Waals surface area contributed by atoms with Crippen LogP contribution >= 0.6 is 11.8 Å². The van der Waals surface area contributed by atoms with E-state index < -0.39 is 11.8 Å². The predicted octanol–water partition coefficient (Wildman–Crippen LogP) is 6.70. The van der Waals surface area contributed by atoms with Gasteiger partial charge in [-0.1, -0.05) is 71.9 Å². The van der Waals surface area contributed by atoms with E-state index in [0.29, 0.717) is 40.7 Å². The topological polar surface area (TPSA) is 123 Å². The van der Waals surface area contributed by atoms with Crippen molar-refractivity contribution in [1.29, 1.82) is 0 Å². The highest BCUT2D eigenvalue weighted by Gasteiger charge is 2.16. The maximum absolute atomic E-state index is 13.5. The molecule has 1 heterocycles. The molecule has 0 radical (unpaired) electrons. The Labute approximate surface area is 264 Å². The second-order valence-electron chi connectivity index (χ2n) is 9.86. The van der Waals surface area contributed by atoms with Crippen LogP contribution in [-0.4, -0.2) is 28.6 Å². The first-order valence-electron chi connectivity index (χ1n) is 14.0. The summed E-state index contributed by atoms with van der Waals surface area (Å²) in [5.74, 6) is 0.585. The van der Waals surface area contributed by atoms with E-state index in [4.69, 9.17) is 9.26 Å². The fourth-order valence-corrected chi connectivity index (χ4v) is 4.88. The van der Waals surface area contributed by atoms with E-state index in [-0.39, 0.29) is 17.4 Å². The normalized spacial score (nSPS) is 11.0. The van der Waals surface area contributed by atoms with Crippen LogP contribution < -0.4 is 20.7 Å². The van der Waals surface area contributed by atoms with Crippen molar-refractivity contribution in [3.8, 4) is 5.75 Å². The number of anilines is 2. The van der Waals surface area contributed by atoms with Gasteiger partial charge in [-0.2, -0.15) is 0 Å². The number of hydrogen-bond donors (Lipinski definition) is 3. The van der Waals surface area contributed by atoms with Gasteiger partial charge in [0.05, 0.1) is 5.75 Å². The molecule has 1 aromatic heterocycles. The molecule has 0 unspecified atom stereocenters. The van der Waals surface area contributed by atoms with Crippen molar-refractivity contribution < 1.29 is 23.6 Å². The van der Waals surface area contributed by atoms with Crippen molar-refractivity contribution in [1.82, 2.24) is 10.5 Å². The molecule has 0 spiro atoms. The van der Waals surface area contributed by atoms with Gasteiger partial charge in [-0.05, 0) is 66.6 Å². The van der Waals surface area contributed by atoms with Crippen LogP contribution in [0, 0.1) is 6.92 Å². The zero-order chi connectivity index (χ0) is 31.4. The van der Waals surface area contributed by atoms with E-state index >= 15 is 0 Å². The molecule has 0 atom stereocenters. The molecular formula is C35H30N4O5S. The van der Waals surface area contributed by atoms with Gasteiger partial charge >= 0.3 is 0 Å². The summed E-state index contributed by atoms with van der Waals surface area (Å²) in [6, 6.07) is 34.5. The van der Waals surface area contributed by atoms with E-state index in [1.165, 1.54) is 11.8 Å². The minimum atomic E-state index is -0.509. The molecule has 0 saturated heterocycles. The Bertz CT molecular complexity index is 1790. The first-order valence-corrected chi connectivity index (χ1v) is 15.0. The smallest absolute Gasteiger partial charge is 0.272 e. The zero-order valence-electron chi connectivity index (χ0n) is 24.4. The number of benzene rings is 4. The molecule has 0 aliphatic carbocycles. The molecule has 0 aliphatic heterocycles. The third-order valence-electron chi connectivity index (χ3n) is 6.33. The van der Waals surface area contributed by atoms with Gasteiger partial charge in [0, 0.05) is 22.2 Å². The average molecular weight is 619 g/mol. The van der Waals surface area contributed by atoms with Crippen molar-refractivity contribution in [3.05, 3.63) is 143 Å². The largest absolute Gasteiger partial charge is 0.489 e. The summed E-state index contributed by atoms with van der Waals surface area (Å²) in [4.78, 5) is 39.6. The number of nitrogens with one attached hydrogen (secondary N) is 3. The average Bonchev–Trinajstić information content (AvgIpc) is 3.48. The van der Waals surface area contributed by atoms with Crippen LogP contribution in [-0.2, 0) is 16.2 Å². The Balaban J connectivity index is 1.27. The van der Waals surface area contributed by atoms with E-state index in [1.807, 2.05) is 66.7 Å². The van der Waals surface area contributed by atoms with Crippen molar-refractivity contribution >= 4 is 47.1 Å². The highest BCUT2D eigenvalue weighted by Crippen LogP contribution is 2.23. The van der Waals surface area contributed by atoms with E-state index in [1.54, 1.807) is 61.5 Å². The number of hydrogen-bond acceptors (Lipinski definition) is 7. The van der Waals surface area contributed by atoms with Gasteiger partial charge in [0.15, 0.2) is 5.82 Å². The molecule has 5 aromatic rings. The summed E-state index contributed by atoms with van der Waals surface area (Å²) in [5, 5.41) is 12.0. The summed E-state index contributed by atoms with van der Waals surface area (Å²) in [6.07, 6.45) is 1.60. The van der Waals surface area contributed by atoms with Gasteiger partial charge in [0.2, 0.25) is 5.91 Å². The third kappa shape index (κ3) is 9.44. The summed E-state index contributed by atoms with van der Waals surface area (Å²) in [7, 11) is 0. The zero-order valence-corrected chi connectivity index (χ0v) is 25.2. The van der Waals surface area contributed by atoms with Crippen LogP contribution in [0.3, 0.4) is 0 Å². The van der Waals surface area contributed by atoms with Crippen molar-refractivity contribution in [3.63, 3.8) is 0 Å².